The fraction of sp³-hybridized carbons (Fsp3) is 0.207. The molecule has 13 nitrogen and oxygen atoms in total. The van der Waals surface area contributed by atoms with Gasteiger partial charge in [-0.05, 0) is 43.7 Å². The zero-order chi connectivity index (χ0) is 31.0. The van der Waals surface area contributed by atoms with Gasteiger partial charge in [-0.1, -0.05) is 30.8 Å². The largest absolute Gasteiger partial charge is 0.493 e. The molecule has 2 aromatic carbocycles. The minimum atomic E-state index is -4.38. The molecule has 0 unspecified atom stereocenters. The number of para-hydroxylation sites is 2. The first-order valence-corrected chi connectivity index (χ1v) is 14.3. The average molecular weight is 608 g/mol. The van der Waals surface area contributed by atoms with Gasteiger partial charge in [-0.25, -0.2) is 19.7 Å². The van der Waals surface area contributed by atoms with Gasteiger partial charge in [0, 0.05) is 23.5 Å². The van der Waals surface area contributed by atoms with E-state index in [1.165, 1.54) is 26.6 Å². The van der Waals surface area contributed by atoms with Crippen molar-refractivity contribution in [3.8, 4) is 40.3 Å². The van der Waals surface area contributed by atoms with E-state index >= 15 is 0 Å². The third kappa shape index (κ3) is 7.54. The number of nitrogens with one attached hydrogen (secondary N) is 1. The Morgan fingerprint density at radius 1 is 0.977 bits per heavy atom. The molecule has 0 spiro atoms. The van der Waals surface area contributed by atoms with E-state index in [9.17, 15) is 13.2 Å². The first-order chi connectivity index (χ1) is 20.6. The van der Waals surface area contributed by atoms with Gasteiger partial charge in [0.2, 0.25) is 5.75 Å². The predicted molar refractivity (Wildman–Crippen MR) is 157 cm³/mol. The monoisotopic (exact) mass is 607 g/mol. The molecule has 0 aliphatic heterocycles. The lowest BCUT2D eigenvalue weighted by Gasteiger charge is -2.17. The smallest absolute Gasteiger partial charge is 0.344 e. The van der Waals surface area contributed by atoms with Crippen molar-refractivity contribution in [3.05, 3.63) is 73.1 Å². The van der Waals surface area contributed by atoms with Crippen molar-refractivity contribution in [2.75, 3.05) is 32.2 Å². The molecule has 4 rings (SSSR count). The number of carbonyl (C=O) groups is 1. The summed E-state index contributed by atoms with van der Waals surface area (Å²) in [6.07, 6.45) is 2.70. The number of allylic oxidation sites excluding steroid dienone is 1. The SMILES string of the molecule is C=C(C)c1cnc(S(=O)(=O)Nc2nc(-c3cccc(OCC(=O)OCC)c3)nc(OC)c2Oc2ccccc2OC)nc1. The van der Waals surface area contributed by atoms with Gasteiger partial charge in [0.15, 0.2) is 29.7 Å². The van der Waals surface area contributed by atoms with Crippen LogP contribution in [0.4, 0.5) is 5.82 Å². The second kappa shape index (κ2) is 13.6. The Morgan fingerprint density at radius 3 is 2.35 bits per heavy atom. The van der Waals surface area contributed by atoms with Crippen molar-refractivity contribution in [1.82, 2.24) is 19.9 Å². The minimum Gasteiger partial charge on any atom is -0.493 e. The summed E-state index contributed by atoms with van der Waals surface area (Å²) in [4.78, 5) is 28.6. The number of hydrogen-bond acceptors (Lipinski definition) is 12. The summed E-state index contributed by atoms with van der Waals surface area (Å²) in [6.45, 7) is 7.17. The van der Waals surface area contributed by atoms with Gasteiger partial charge in [0.25, 0.3) is 21.1 Å². The molecule has 2 aromatic heterocycles. The van der Waals surface area contributed by atoms with Crippen LogP contribution in [0.15, 0.2) is 72.7 Å². The van der Waals surface area contributed by atoms with Crippen LogP contribution in [0, 0.1) is 0 Å². The Labute approximate surface area is 248 Å². The first kappa shape index (κ1) is 30.7. The van der Waals surface area contributed by atoms with Crippen molar-refractivity contribution in [1.29, 1.82) is 0 Å². The number of rotatable bonds is 13. The number of benzene rings is 2. The van der Waals surface area contributed by atoms with Gasteiger partial charge in [0.1, 0.15) is 5.75 Å². The van der Waals surface area contributed by atoms with Crippen LogP contribution in [0.2, 0.25) is 0 Å². The third-order valence-corrected chi connectivity index (χ3v) is 6.81. The lowest BCUT2D eigenvalue weighted by atomic mass is 10.2. The van der Waals surface area contributed by atoms with E-state index < -0.39 is 21.1 Å². The number of methoxy groups -OCH3 is 2. The molecular weight excluding hydrogens is 578 g/mol. The van der Waals surface area contributed by atoms with E-state index in [4.69, 9.17) is 23.7 Å². The molecule has 224 valence electrons. The summed E-state index contributed by atoms with van der Waals surface area (Å²) < 4.78 is 56.6. The Balaban J connectivity index is 1.79. The van der Waals surface area contributed by atoms with Gasteiger partial charge in [0.05, 0.1) is 20.8 Å². The second-order valence-corrected chi connectivity index (χ2v) is 10.3. The molecule has 14 heteroatoms. The highest BCUT2D eigenvalue weighted by molar-refractivity contribution is 7.92. The number of aromatic nitrogens is 4. The highest BCUT2D eigenvalue weighted by Gasteiger charge is 2.26. The molecule has 0 fully saturated rings. The Kier molecular flexibility index (Phi) is 9.72. The van der Waals surface area contributed by atoms with E-state index in [2.05, 4.69) is 31.2 Å². The van der Waals surface area contributed by atoms with Gasteiger partial charge in [-0.15, -0.1) is 0 Å². The van der Waals surface area contributed by atoms with Crippen LogP contribution in [0.3, 0.4) is 0 Å². The van der Waals surface area contributed by atoms with E-state index in [-0.39, 0.29) is 42.2 Å². The molecule has 2 heterocycles. The zero-order valence-electron chi connectivity index (χ0n) is 23.9. The van der Waals surface area contributed by atoms with Crippen LogP contribution >= 0.6 is 0 Å². The Morgan fingerprint density at radius 2 is 1.70 bits per heavy atom. The maximum atomic E-state index is 13.4. The minimum absolute atomic E-state index is 0.0575. The number of anilines is 1. The topological polar surface area (TPSA) is 161 Å². The molecule has 0 amide bonds. The van der Waals surface area contributed by atoms with E-state index in [1.807, 2.05) is 0 Å². The maximum Gasteiger partial charge on any atom is 0.344 e. The molecule has 0 aliphatic rings. The average Bonchev–Trinajstić information content (AvgIpc) is 3.01. The number of sulfonamides is 1. The molecule has 43 heavy (non-hydrogen) atoms. The summed E-state index contributed by atoms with van der Waals surface area (Å²) >= 11 is 0. The number of ether oxygens (including phenoxy) is 5. The fourth-order valence-electron chi connectivity index (χ4n) is 3.59. The summed E-state index contributed by atoms with van der Waals surface area (Å²) in [5, 5.41) is -0.505. The summed E-state index contributed by atoms with van der Waals surface area (Å²) in [5.41, 5.74) is 1.67. The fourth-order valence-corrected chi connectivity index (χ4v) is 4.46. The first-order valence-electron chi connectivity index (χ1n) is 12.8. The number of hydrogen-bond donors (Lipinski definition) is 1. The quantitative estimate of drug-likeness (QED) is 0.167. The Hall–Kier alpha value is -5.24. The van der Waals surface area contributed by atoms with Crippen molar-refractivity contribution < 1.29 is 36.9 Å². The molecule has 4 aromatic rings. The van der Waals surface area contributed by atoms with Crippen molar-refractivity contribution in [2.45, 2.75) is 19.0 Å². The lowest BCUT2D eigenvalue weighted by Crippen LogP contribution is -2.18. The van der Waals surface area contributed by atoms with E-state index in [0.29, 0.717) is 28.2 Å². The molecule has 0 aliphatic carbocycles. The van der Waals surface area contributed by atoms with Gasteiger partial charge in [-0.3, -0.25) is 4.72 Å². The molecule has 0 bridgehead atoms. The van der Waals surface area contributed by atoms with Crippen molar-refractivity contribution in [2.24, 2.45) is 0 Å². The number of nitrogens with zero attached hydrogens (tertiary/aromatic N) is 4. The van der Waals surface area contributed by atoms with Gasteiger partial charge >= 0.3 is 5.97 Å². The highest BCUT2D eigenvalue weighted by atomic mass is 32.2. The maximum absolute atomic E-state index is 13.4. The summed E-state index contributed by atoms with van der Waals surface area (Å²) in [5.74, 6) is -0.0311. The standard InChI is InChI=1S/C29H29N5O8S/c1-6-40-24(35)17-41-21-11-9-10-19(14-21)26-32-27(34-43(36,37)29-30-15-20(16-31-29)18(2)3)25(28(33-26)39-5)42-23-13-8-7-12-22(23)38-4/h7-16H,2,6,17H2,1,3-5H3,(H,32,33,34). The van der Waals surface area contributed by atoms with Gasteiger partial charge in [-0.2, -0.15) is 13.4 Å². The predicted octanol–water partition coefficient (Wildman–Crippen LogP) is 4.52. The Bertz CT molecular complexity index is 1730. The summed E-state index contributed by atoms with van der Waals surface area (Å²) in [7, 11) is -1.57. The molecular formula is C29H29N5O8S. The van der Waals surface area contributed by atoms with Crippen molar-refractivity contribution in [3.63, 3.8) is 0 Å². The third-order valence-electron chi connectivity index (χ3n) is 5.66. The number of carbonyl (C=O) groups excluding carboxylic acids is 1. The molecule has 1 N–H and O–H groups in total. The van der Waals surface area contributed by atoms with E-state index in [0.717, 1.165) is 0 Å². The van der Waals surface area contributed by atoms with Crippen LogP contribution in [0.25, 0.3) is 17.0 Å². The molecule has 0 atom stereocenters. The van der Waals surface area contributed by atoms with Crippen LogP contribution in [0.5, 0.6) is 28.9 Å². The number of esters is 1. The van der Waals surface area contributed by atoms with Crippen molar-refractivity contribution >= 4 is 27.4 Å². The normalized spacial score (nSPS) is 10.9. The van der Waals surface area contributed by atoms with Crippen LogP contribution in [0.1, 0.15) is 19.4 Å². The second-order valence-electron chi connectivity index (χ2n) is 8.75. The highest BCUT2D eigenvalue weighted by Crippen LogP contribution is 2.41. The zero-order valence-corrected chi connectivity index (χ0v) is 24.7. The summed E-state index contributed by atoms with van der Waals surface area (Å²) in [6, 6.07) is 13.3. The van der Waals surface area contributed by atoms with E-state index in [1.54, 1.807) is 62.4 Å². The molecule has 0 saturated heterocycles. The lowest BCUT2D eigenvalue weighted by molar-refractivity contribution is -0.145. The van der Waals surface area contributed by atoms with Crippen LogP contribution in [-0.2, 0) is 19.6 Å². The molecule has 0 radical (unpaired) electrons. The van der Waals surface area contributed by atoms with Crippen LogP contribution < -0.4 is 23.7 Å². The van der Waals surface area contributed by atoms with Gasteiger partial charge < -0.3 is 23.7 Å². The molecule has 0 saturated carbocycles. The van der Waals surface area contributed by atoms with Crippen LogP contribution in [-0.4, -0.2) is 61.8 Å².